The van der Waals surface area contributed by atoms with Gasteiger partial charge in [0.2, 0.25) is 5.91 Å². The summed E-state index contributed by atoms with van der Waals surface area (Å²) in [6.45, 7) is 4.26. The minimum absolute atomic E-state index is 0.0736. The molecular formula is C28H38N2O5S. The van der Waals surface area contributed by atoms with Crippen molar-refractivity contribution in [3.8, 4) is 0 Å². The maximum Gasteiger partial charge on any atom is 0.407 e. The number of hydrogen-bond donors (Lipinski definition) is 2. The Morgan fingerprint density at radius 2 is 1.83 bits per heavy atom. The first-order valence-electron chi connectivity index (χ1n) is 12.9. The fraction of sp³-hybridized carbons (Fsp3) is 0.536. The molecule has 7 nitrogen and oxygen atoms in total. The predicted molar refractivity (Wildman–Crippen MR) is 142 cm³/mol. The topological polar surface area (TPSA) is 97.6 Å². The second-order valence-electron chi connectivity index (χ2n) is 9.55. The maximum atomic E-state index is 13.3. The zero-order chi connectivity index (χ0) is 25.8. The van der Waals surface area contributed by atoms with Gasteiger partial charge in [-0.05, 0) is 48.8 Å². The van der Waals surface area contributed by atoms with E-state index in [0.717, 1.165) is 24.2 Å². The number of amides is 2. The van der Waals surface area contributed by atoms with Crippen LogP contribution in [0.4, 0.5) is 4.79 Å². The molecule has 0 bridgehead atoms. The van der Waals surface area contributed by atoms with Crippen LogP contribution in [-0.4, -0.2) is 42.2 Å². The van der Waals surface area contributed by atoms with Crippen molar-refractivity contribution in [2.45, 2.75) is 70.2 Å². The molecule has 0 saturated heterocycles. The van der Waals surface area contributed by atoms with E-state index < -0.39 is 18.2 Å². The molecule has 2 amide bonds. The number of Topliss-reactive ketones (excluding diaryl/α,β-unsaturated/α-hetero) is 1. The van der Waals surface area contributed by atoms with Crippen LogP contribution in [-0.2, 0) is 26.5 Å². The van der Waals surface area contributed by atoms with E-state index in [1.165, 1.54) is 24.6 Å². The van der Waals surface area contributed by atoms with Crippen molar-refractivity contribution in [1.29, 1.82) is 0 Å². The number of ketones is 1. The van der Waals surface area contributed by atoms with E-state index in [4.69, 9.17) is 9.15 Å². The van der Waals surface area contributed by atoms with Crippen LogP contribution >= 0.6 is 11.8 Å². The lowest BCUT2D eigenvalue weighted by atomic mass is 9.97. The van der Waals surface area contributed by atoms with Crippen molar-refractivity contribution < 1.29 is 23.5 Å². The molecule has 1 heterocycles. The zero-order valence-electron chi connectivity index (χ0n) is 21.2. The zero-order valence-corrected chi connectivity index (χ0v) is 22.1. The number of nitrogens with one attached hydrogen (secondary N) is 2. The highest BCUT2D eigenvalue weighted by Gasteiger charge is 2.30. The Labute approximate surface area is 218 Å². The average Bonchev–Trinajstić information content (AvgIpc) is 3.60. The van der Waals surface area contributed by atoms with Crippen LogP contribution in [0.15, 0.2) is 53.1 Å². The Hall–Kier alpha value is -2.74. The third kappa shape index (κ3) is 9.04. The number of alkyl carbamates (subject to hydrolysis) is 1. The highest BCUT2D eigenvalue weighted by atomic mass is 32.2. The van der Waals surface area contributed by atoms with Gasteiger partial charge in [-0.15, -0.1) is 11.8 Å². The van der Waals surface area contributed by atoms with E-state index in [1.807, 2.05) is 56.3 Å². The third-order valence-corrected chi connectivity index (χ3v) is 7.73. The van der Waals surface area contributed by atoms with Crippen LogP contribution in [0.5, 0.6) is 0 Å². The lowest BCUT2D eigenvalue weighted by Crippen LogP contribution is -2.55. The molecule has 1 saturated carbocycles. The second-order valence-corrected chi connectivity index (χ2v) is 10.5. The smallest absolute Gasteiger partial charge is 0.407 e. The Morgan fingerprint density at radius 1 is 1.08 bits per heavy atom. The molecule has 1 aromatic carbocycles. The van der Waals surface area contributed by atoms with Crippen LogP contribution in [0, 0.1) is 11.8 Å². The molecule has 3 rings (SSSR count). The Balaban J connectivity index is 1.62. The molecule has 36 heavy (non-hydrogen) atoms. The van der Waals surface area contributed by atoms with E-state index in [9.17, 15) is 14.4 Å². The van der Waals surface area contributed by atoms with Gasteiger partial charge in [0.05, 0.1) is 30.4 Å². The SMILES string of the molecule is CCC(C)C(NC(=O)OCC1CCCC1)C(=O)N[C@@H](Cc1ccccc1)C(=O)CSCc1ccco1. The van der Waals surface area contributed by atoms with Gasteiger partial charge in [0, 0.05) is 0 Å². The molecule has 3 atom stereocenters. The van der Waals surface area contributed by atoms with E-state index in [-0.39, 0.29) is 23.4 Å². The molecule has 8 heteroatoms. The first-order valence-corrected chi connectivity index (χ1v) is 14.0. The largest absolute Gasteiger partial charge is 0.468 e. The van der Waals surface area contributed by atoms with E-state index in [0.29, 0.717) is 31.1 Å². The molecule has 1 aromatic heterocycles. The third-order valence-electron chi connectivity index (χ3n) is 6.75. The van der Waals surface area contributed by atoms with Crippen molar-refractivity contribution in [1.82, 2.24) is 10.6 Å². The molecule has 2 unspecified atom stereocenters. The summed E-state index contributed by atoms with van der Waals surface area (Å²) in [7, 11) is 0. The van der Waals surface area contributed by atoms with Crippen LogP contribution in [0.1, 0.15) is 57.3 Å². The highest BCUT2D eigenvalue weighted by Crippen LogP contribution is 2.24. The molecule has 1 aliphatic carbocycles. The van der Waals surface area contributed by atoms with Gasteiger partial charge >= 0.3 is 6.09 Å². The number of thioether (sulfide) groups is 1. The quantitative estimate of drug-likeness (QED) is 0.362. The Bertz CT molecular complexity index is 944. The monoisotopic (exact) mass is 514 g/mol. The fourth-order valence-corrected chi connectivity index (χ4v) is 5.22. The van der Waals surface area contributed by atoms with E-state index in [2.05, 4.69) is 10.6 Å². The standard InChI is InChI=1S/C28H38N2O5S/c1-3-20(2)26(30-28(33)35-17-22-12-7-8-13-22)27(32)29-24(16-21-10-5-4-6-11-21)25(31)19-36-18-23-14-9-15-34-23/h4-6,9-11,14-15,20,22,24,26H,3,7-8,12-13,16-19H2,1-2H3,(H,29,32)(H,30,33)/t20?,24-,26?/m0/s1. The van der Waals surface area contributed by atoms with Gasteiger partial charge in [0.15, 0.2) is 5.78 Å². The van der Waals surface area contributed by atoms with Gasteiger partial charge in [-0.3, -0.25) is 9.59 Å². The van der Waals surface area contributed by atoms with Crippen molar-refractivity contribution in [2.75, 3.05) is 12.4 Å². The average molecular weight is 515 g/mol. The lowest BCUT2D eigenvalue weighted by molar-refractivity contribution is -0.128. The highest BCUT2D eigenvalue weighted by molar-refractivity contribution is 7.99. The normalized spacial score (nSPS) is 16.2. The molecule has 0 radical (unpaired) electrons. The summed E-state index contributed by atoms with van der Waals surface area (Å²) in [6, 6.07) is 11.8. The van der Waals surface area contributed by atoms with Crippen molar-refractivity contribution in [2.24, 2.45) is 11.8 Å². The number of benzene rings is 1. The van der Waals surface area contributed by atoms with Gasteiger partial charge < -0.3 is 19.8 Å². The lowest BCUT2D eigenvalue weighted by Gasteiger charge is -2.26. The molecular weight excluding hydrogens is 476 g/mol. The Morgan fingerprint density at radius 3 is 2.50 bits per heavy atom. The fourth-order valence-electron chi connectivity index (χ4n) is 4.35. The summed E-state index contributed by atoms with van der Waals surface area (Å²) >= 11 is 1.45. The summed E-state index contributed by atoms with van der Waals surface area (Å²) < 4.78 is 10.8. The number of rotatable bonds is 14. The van der Waals surface area contributed by atoms with Gasteiger partial charge in [-0.2, -0.15) is 0 Å². The van der Waals surface area contributed by atoms with Gasteiger partial charge in [-0.1, -0.05) is 63.4 Å². The minimum Gasteiger partial charge on any atom is -0.468 e. The summed E-state index contributed by atoms with van der Waals surface area (Å²) in [4.78, 5) is 39.0. The molecule has 1 fully saturated rings. The van der Waals surface area contributed by atoms with Gasteiger partial charge in [0.1, 0.15) is 11.8 Å². The second kappa shape index (κ2) is 14.7. The van der Waals surface area contributed by atoms with E-state index >= 15 is 0 Å². The van der Waals surface area contributed by atoms with Crippen molar-refractivity contribution in [3.05, 3.63) is 60.1 Å². The summed E-state index contributed by atoms with van der Waals surface area (Å²) in [5, 5.41) is 5.69. The van der Waals surface area contributed by atoms with E-state index in [1.54, 1.807) is 6.26 Å². The van der Waals surface area contributed by atoms with Gasteiger partial charge in [0.25, 0.3) is 0 Å². The predicted octanol–water partition coefficient (Wildman–Crippen LogP) is 5.14. The minimum atomic E-state index is -0.784. The maximum absolute atomic E-state index is 13.3. The Kier molecular flexibility index (Phi) is 11.4. The molecule has 1 aliphatic rings. The van der Waals surface area contributed by atoms with Crippen molar-refractivity contribution in [3.63, 3.8) is 0 Å². The number of furan rings is 1. The summed E-state index contributed by atoms with van der Waals surface area (Å²) in [5.41, 5.74) is 0.955. The van der Waals surface area contributed by atoms with Crippen LogP contribution < -0.4 is 10.6 Å². The number of ether oxygens (including phenoxy) is 1. The number of carbonyl (C=O) groups is 3. The van der Waals surface area contributed by atoms with Crippen LogP contribution in [0.3, 0.4) is 0 Å². The summed E-state index contributed by atoms with van der Waals surface area (Å²) in [5.74, 6) is 1.46. The first kappa shape index (κ1) is 27.8. The molecule has 0 aliphatic heterocycles. The van der Waals surface area contributed by atoms with Crippen LogP contribution in [0.25, 0.3) is 0 Å². The van der Waals surface area contributed by atoms with Gasteiger partial charge in [-0.25, -0.2) is 4.79 Å². The molecule has 0 spiro atoms. The number of hydrogen-bond acceptors (Lipinski definition) is 6. The van der Waals surface area contributed by atoms with Crippen LogP contribution in [0.2, 0.25) is 0 Å². The summed E-state index contributed by atoms with van der Waals surface area (Å²) in [6.07, 6.45) is 6.59. The first-order chi connectivity index (χ1) is 17.5. The molecule has 2 aromatic rings. The van der Waals surface area contributed by atoms with Crippen molar-refractivity contribution >= 4 is 29.5 Å². The molecule has 2 N–H and O–H groups in total. The molecule has 196 valence electrons. The number of carbonyl (C=O) groups excluding carboxylic acids is 3.